The van der Waals surface area contributed by atoms with Gasteiger partial charge >= 0.3 is 0 Å². The van der Waals surface area contributed by atoms with E-state index in [1.807, 2.05) is 48.4 Å². The fourth-order valence-corrected chi connectivity index (χ4v) is 5.18. The molecule has 2 aromatic carbocycles. The summed E-state index contributed by atoms with van der Waals surface area (Å²) < 4.78 is 11.7. The van der Waals surface area contributed by atoms with Crippen molar-refractivity contribution in [2.75, 3.05) is 55.4 Å². The summed E-state index contributed by atoms with van der Waals surface area (Å²) in [5, 5.41) is 6.67. The average Bonchev–Trinajstić information content (AvgIpc) is 3.01. The first-order chi connectivity index (χ1) is 20.1. The van der Waals surface area contributed by atoms with E-state index in [-0.39, 0.29) is 12.5 Å². The van der Waals surface area contributed by atoms with Gasteiger partial charge in [0, 0.05) is 49.8 Å². The van der Waals surface area contributed by atoms with Gasteiger partial charge in [-0.25, -0.2) is 4.98 Å². The lowest BCUT2D eigenvalue weighted by Crippen LogP contribution is -2.50. The molecule has 1 saturated heterocycles. The molecule has 6 rings (SSSR count). The van der Waals surface area contributed by atoms with Crippen LogP contribution in [0.5, 0.6) is 11.5 Å². The average molecular weight is 552 g/mol. The predicted molar refractivity (Wildman–Crippen MR) is 159 cm³/mol. The Labute approximate surface area is 239 Å². The normalized spacial score (nSPS) is 14.5. The van der Waals surface area contributed by atoms with Crippen LogP contribution in [0.15, 0.2) is 67.1 Å². The number of methoxy groups -OCH3 is 1. The molecule has 0 aliphatic carbocycles. The lowest BCUT2D eigenvalue weighted by Gasteiger charge is -2.36. The first kappa shape index (κ1) is 26.4. The number of carbonyl (C=O) groups excluding carboxylic acids is 1. The number of nitrogens with zero attached hydrogens (tertiary/aromatic N) is 5. The summed E-state index contributed by atoms with van der Waals surface area (Å²) in [6.07, 6.45) is 6.90. The van der Waals surface area contributed by atoms with Gasteiger partial charge in [0.1, 0.15) is 17.3 Å². The molecule has 1 amide bonds. The third-order valence-corrected chi connectivity index (χ3v) is 7.44. The van der Waals surface area contributed by atoms with Gasteiger partial charge in [-0.3, -0.25) is 9.78 Å². The van der Waals surface area contributed by atoms with Crippen LogP contribution in [0.2, 0.25) is 0 Å². The number of rotatable bonds is 5. The first-order valence-electron chi connectivity index (χ1n) is 13.8. The standard InChI is InChI=1S/C31H33N7O3/c1-21-17-33-31-35-25-15-22(18-32-19-25)7-8-23-16-24(34-30(21)36-31)9-10-27(23)41-20-29(39)38-13-11-37(12-14-38)26-5-3-4-6-28(26)40-2/h3-6,9-10,15-19H,7-8,11-14,20H2,1-2H3,(H2,33,34,35,36). The number of amides is 1. The van der Waals surface area contributed by atoms with Crippen molar-refractivity contribution in [3.8, 4) is 11.5 Å². The quantitative estimate of drug-likeness (QED) is 0.371. The fraction of sp³-hybridized carbons (Fsp3) is 0.290. The van der Waals surface area contributed by atoms with Crippen molar-refractivity contribution in [2.24, 2.45) is 0 Å². The minimum Gasteiger partial charge on any atom is -0.495 e. The molecule has 1 fully saturated rings. The van der Waals surface area contributed by atoms with Gasteiger partial charge in [-0.1, -0.05) is 12.1 Å². The number of hydrogen-bond acceptors (Lipinski definition) is 9. The second kappa shape index (κ2) is 11.7. The molecule has 2 N–H and O–H groups in total. The Kier molecular flexibility index (Phi) is 7.53. The second-order valence-corrected chi connectivity index (χ2v) is 10.2. The van der Waals surface area contributed by atoms with Gasteiger partial charge in [0.05, 0.1) is 24.7 Å². The molecule has 2 aliphatic rings. The van der Waals surface area contributed by atoms with Crippen LogP contribution in [0, 0.1) is 6.92 Å². The number of aryl methyl sites for hydroxylation is 3. The summed E-state index contributed by atoms with van der Waals surface area (Å²) in [5.74, 6) is 2.74. The zero-order valence-electron chi connectivity index (χ0n) is 23.3. The van der Waals surface area contributed by atoms with Crippen LogP contribution in [0.4, 0.5) is 28.8 Å². The van der Waals surface area contributed by atoms with Gasteiger partial charge in [0.25, 0.3) is 5.91 Å². The molecule has 4 heterocycles. The van der Waals surface area contributed by atoms with Gasteiger partial charge in [-0.05, 0) is 67.3 Å². The molecule has 0 spiro atoms. The molecular formula is C31H33N7O3. The Hall–Kier alpha value is -4.86. The van der Waals surface area contributed by atoms with Crippen molar-refractivity contribution in [3.05, 3.63) is 83.8 Å². The Morgan fingerprint density at radius 3 is 2.63 bits per heavy atom. The number of fused-ring (bicyclic) bond motifs is 6. The van der Waals surface area contributed by atoms with Crippen molar-refractivity contribution in [1.82, 2.24) is 19.9 Å². The number of aromatic nitrogens is 3. The molecule has 10 heteroatoms. The summed E-state index contributed by atoms with van der Waals surface area (Å²) in [5.41, 5.74) is 5.79. The zero-order valence-corrected chi connectivity index (χ0v) is 23.3. The molecule has 0 atom stereocenters. The highest BCUT2D eigenvalue weighted by Crippen LogP contribution is 2.30. The first-order valence-corrected chi connectivity index (χ1v) is 13.8. The third-order valence-electron chi connectivity index (χ3n) is 7.44. The van der Waals surface area contributed by atoms with Gasteiger partial charge in [-0.15, -0.1) is 0 Å². The maximum Gasteiger partial charge on any atom is 0.260 e. The van der Waals surface area contributed by atoms with Crippen LogP contribution in [0.3, 0.4) is 0 Å². The van der Waals surface area contributed by atoms with E-state index in [2.05, 4.69) is 48.7 Å². The number of pyridine rings is 1. The van der Waals surface area contributed by atoms with E-state index in [4.69, 9.17) is 9.47 Å². The number of nitrogens with one attached hydrogen (secondary N) is 2. The molecule has 41 heavy (non-hydrogen) atoms. The summed E-state index contributed by atoms with van der Waals surface area (Å²) in [6.45, 7) is 4.70. The van der Waals surface area contributed by atoms with E-state index in [0.717, 1.165) is 65.4 Å². The van der Waals surface area contributed by atoms with E-state index in [0.29, 0.717) is 30.6 Å². The van der Waals surface area contributed by atoms with Crippen LogP contribution in [-0.4, -0.2) is 65.7 Å². The van der Waals surface area contributed by atoms with E-state index in [1.165, 1.54) is 0 Å². The molecule has 10 nitrogen and oxygen atoms in total. The topological polar surface area (TPSA) is 105 Å². The number of hydrogen-bond donors (Lipinski definition) is 2. The van der Waals surface area contributed by atoms with Gasteiger partial charge < -0.3 is 29.9 Å². The molecule has 4 aromatic rings. The van der Waals surface area contributed by atoms with Crippen LogP contribution < -0.4 is 25.0 Å². The molecule has 6 bridgehead atoms. The van der Waals surface area contributed by atoms with Gasteiger partial charge in [0.15, 0.2) is 6.61 Å². The second-order valence-electron chi connectivity index (χ2n) is 10.2. The molecule has 2 aromatic heterocycles. The summed E-state index contributed by atoms with van der Waals surface area (Å²) in [4.78, 5) is 30.7. The fourth-order valence-electron chi connectivity index (χ4n) is 5.18. The van der Waals surface area contributed by atoms with Crippen LogP contribution in [0.1, 0.15) is 16.7 Å². The zero-order chi connectivity index (χ0) is 28.2. The maximum absolute atomic E-state index is 13.1. The highest BCUT2D eigenvalue weighted by molar-refractivity contribution is 5.78. The van der Waals surface area contributed by atoms with Gasteiger partial charge in [-0.2, -0.15) is 4.98 Å². The largest absolute Gasteiger partial charge is 0.495 e. The number of ether oxygens (including phenoxy) is 2. The Morgan fingerprint density at radius 1 is 0.927 bits per heavy atom. The summed E-state index contributed by atoms with van der Waals surface area (Å²) in [6, 6.07) is 16.0. The van der Waals surface area contributed by atoms with Crippen molar-refractivity contribution in [1.29, 1.82) is 0 Å². The smallest absolute Gasteiger partial charge is 0.260 e. The van der Waals surface area contributed by atoms with Crippen molar-refractivity contribution >= 4 is 34.7 Å². The molecule has 0 saturated carbocycles. The summed E-state index contributed by atoms with van der Waals surface area (Å²) >= 11 is 0. The minimum atomic E-state index is -0.0177. The predicted octanol–water partition coefficient (Wildman–Crippen LogP) is 4.50. The lowest BCUT2D eigenvalue weighted by molar-refractivity contribution is -0.133. The summed E-state index contributed by atoms with van der Waals surface area (Å²) in [7, 11) is 1.68. The number of benzene rings is 2. The van der Waals surface area contributed by atoms with Crippen LogP contribution in [0.25, 0.3) is 0 Å². The molecule has 0 radical (unpaired) electrons. The van der Waals surface area contributed by atoms with Crippen molar-refractivity contribution in [3.63, 3.8) is 0 Å². The Morgan fingerprint density at radius 2 is 1.78 bits per heavy atom. The SMILES string of the molecule is COc1ccccc1N1CCN(C(=O)COc2ccc3cc2CCc2cncc(c2)Nc2ncc(C)c(n2)N3)CC1. The number of piperazine rings is 1. The maximum atomic E-state index is 13.1. The Balaban J connectivity index is 1.15. The minimum absolute atomic E-state index is 0.0101. The molecule has 2 aliphatic heterocycles. The van der Waals surface area contributed by atoms with E-state index >= 15 is 0 Å². The van der Waals surface area contributed by atoms with Crippen LogP contribution in [-0.2, 0) is 17.6 Å². The van der Waals surface area contributed by atoms with Crippen molar-refractivity contribution in [2.45, 2.75) is 19.8 Å². The molecule has 0 unspecified atom stereocenters. The molecule has 210 valence electrons. The van der Waals surface area contributed by atoms with Crippen LogP contribution >= 0.6 is 0 Å². The highest BCUT2D eigenvalue weighted by Gasteiger charge is 2.23. The van der Waals surface area contributed by atoms with Crippen molar-refractivity contribution < 1.29 is 14.3 Å². The third kappa shape index (κ3) is 6.01. The monoisotopic (exact) mass is 551 g/mol. The number of anilines is 5. The lowest BCUT2D eigenvalue weighted by atomic mass is 10.0. The van der Waals surface area contributed by atoms with Gasteiger partial charge in [0.2, 0.25) is 5.95 Å². The Bertz CT molecular complexity index is 1550. The van der Waals surface area contributed by atoms with E-state index in [9.17, 15) is 4.79 Å². The van der Waals surface area contributed by atoms with E-state index in [1.54, 1.807) is 19.5 Å². The van der Waals surface area contributed by atoms with E-state index < -0.39 is 0 Å². The number of carbonyl (C=O) groups is 1. The molecular weight excluding hydrogens is 518 g/mol. The highest BCUT2D eigenvalue weighted by atomic mass is 16.5. The number of para-hydroxylation sites is 2.